The number of aliphatic hydroxyl groups is 1. The van der Waals surface area contributed by atoms with E-state index < -0.39 is 5.60 Å². The summed E-state index contributed by atoms with van der Waals surface area (Å²) in [6, 6.07) is 0. The summed E-state index contributed by atoms with van der Waals surface area (Å²) >= 11 is 0. The maximum Gasteiger partial charge on any atom is 0.0644 e. The van der Waals surface area contributed by atoms with Crippen molar-refractivity contribution in [3.8, 4) is 0 Å². The fourth-order valence-corrected chi connectivity index (χ4v) is 2.15. The van der Waals surface area contributed by atoms with Crippen LogP contribution < -0.4 is 0 Å². The number of rotatable bonds is 6. The molecule has 0 aromatic heterocycles. The van der Waals surface area contributed by atoms with E-state index in [-0.39, 0.29) is 0 Å². The van der Waals surface area contributed by atoms with Gasteiger partial charge in [-0.2, -0.15) is 0 Å². The van der Waals surface area contributed by atoms with Crippen LogP contribution in [0.3, 0.4) is 0 Å². The lowest BCUT2D eigenvalue weighted by Gasteiger charge is -2.26. The molecule has 0 radical (unpaired) electrons. The Kier molecular flexibility index (Phi) is 4.90. The van der Waals surface area contributed by atoms with Crippen molar-refractivity contribution in [3.63, 3.8) is 0 Å². The van der Waals surface area contributed by atoms with Gasteiger partial charge in [-0.1, -0.05) is 26.2 Å². The smallest absolute Gasteiger partial charge is 0.0644 e. The zero-order valence-corrected chi connectivity index (χ0v) is 9.59. The zero-order chi connectivity index (χ0) is 10.4. The molecule has 2 nitrogen and oxygen atoms in total. The standard InChI is InChI=1S/C12H24O2/c1-3-4-5-8-12(2,13)10-11-7-6-9-14-11/h11,13H,3-10H2,1-2H3. The number of unbranched alkanes of at least 4 members (excludes halogenated alkanes) is 2. The molecule has 1 aliphatic heterocycles. The van der Waals surface area contributed by atoms with Crippen molar-refractivity contribution in [3.05, 3.63) is 0 Å². The van der Waals surface area contributed by atoms with Crippen molar-refractivity contribution in [2.75, 3.05) is 6.61 Å². The maximum atomic E-state index is 10.1. The van der Waals surface area contributed by atoms with E-state index in [0.717, 1.165) is 38.7 Å². The first-order valence-electron chi connectivity index (χ1n) is 5.98. The summed E-state index contributed by atoms with van der Waals surface area (Å²) in [6.07, 6.45) is 7.91. The Balaban J connectivity index is 2.18. The van der Waals surface area contributed by atoms with E-state index in [1.807, 2.05) is 6.92 Å². The van der Waals surface area contributed by atoms with Crippen LogP contribution in [0.25, 0.3) is 0 Å². The summed E-state index contributed by atoms with van der Waals surface area (Å²) in [5.74, 6) is 0. The highest BCUT2D eigenvalue weighted by molar-refractivity contribution is 4.79. The van der Waals surface area contributed by atoms with Crippen LogP contribution in [0.5, 0.6) is 0 Å². The highest BCUT2D eigenvalue weighted by Gasteiger charge is 2.27. The average molecular weight is 200 g/mol. The third kappa shape index (κ3) is 4.43. The van der Waals surface area contributed by atoms with Crippen LogP contribution in [0.1, 0.15) is 58.8 Å². The van der Waals surface area contributed by atoms with Gasteiger partial charge in [0.15, 0.2) is 0 Å². The molecule has 0 bridgehead atoms. The van der Waals surface area contributed by atoms with Gasteiger partial charge in [-0.15, -0.1) is 0 Å². The van der Waals surface area contributed by atoms with Gasteiger partial charge in [0.05, 0.1) is 11.7 Å². The van der Waals surface area contributed by atoms with E-state index in [4.69, 9.17) is 4.74 Å². The van der Waals surface area contributed by atoms with E-state index in [0.29, 0.717) is 6.10 Å². The molecule has 1 heterocycles. The first-order valence-corrected chi connectivity index (χ1v) is 5.98. The van der Waals surface area contributed by atoms with Crippen molar-refractivity contribution in [2.45, 2.75) is 70.5 Å². The van der Waals surface area contributed by atoms with Crippen LogP contribution in [0.2, 0.25) is 0 Å². The predicted molar refractivity (Wildman–Crippen MR) is 58.4 cm³/mol. The van der Waals surface area contributed by atoms with Crippen molar-refractivity contribution in [2.24, 2.45) is 0 Å². The lowest BCUT2D eigenvalue weighted by Crippen LogP contribution is -2.29. The molecule has 1 aliphatic rings. The lowest BCUT2D eigenvalue weighted by atomic mass is 9.91. The van der Waals surface area contributed by atoms with Crippen LogP contribution in [0, 0.1) is 0 Å². The molecule has 0 spiro atoms. The molecular weight excluding hydrogens is 176 g/mol. The van der Waals surface area contributed by atoms with Crippen molar-refractivity contribution >= 4 is 0 Å². The van der Waals surface area contributed by atoms with Crippen LogP contribution in [0.15, 0.2) is 0 Å². The Morgan fingerprint density at radius 1 is 1.43 bits per heavy atom. The Bertz CT molecular complexity index is 148. The Hall–Kier alpha value is -0.0800. The van der Waals surface area contributed by atoms with Crippen LogP contribution in [0.4, 0.5) is 0 Å². The third-order valence-electron chi connectivity index (χ3n) is 3.01. The molecular formula is C12H24O2. The van der Waals surface area contributed by atoms with E-state index in [2.05, 4.69) is 6.92 Å². The van der Waals surface area contributed by atoms with Gasteiger partial charge in [-0.25, -0.2) is 0 Å². The lowest BCUT2D eigenvalue weighted by molar-refractivity contribution is -0.0136. The topological polar surface area (TPSA) is 29.5 Å². The van der Waals surface area contributed by atoms with Gasteiger partial charge in [-0.05, 0) is 26.2 Å². The van der Waals surface area contributed by atoms with Crippen molar-refractivity contribution < 1.29 is 9.84 Å². The number of hydrogen-bond donors (Lipinski definition) is 1. The van der Waals surface area contributed by atoms with Crippen molar-refractivity contribution in [1.29, 1.82) is 0 Å². The molecule has 0 aliphatic carbocycles. The fraction of sp³-hybridized carbons (Fsp3) is 1.00. The molecule has 1 rings (SSSR count). The zero-order valence-electron chi connectivity index (χ0n) is 9.59. The SMILES string of the molecule is CCCCCC(C)(O)CC1CCCO1. The van der Waals surface area contributed by atoms with Gasteiger partial charge >= 0.3 is 0 Å². The number of ether oxygens (including phenoxy) is 1. The quantitative estimate of drug-likeness (QED) is 0.668. The fourth-order valence-electron chi connectivity index (χ4n) is 2.15. The maximum absolute atomic E-state index is 10.1. The normalized spacial score (nSPS) is 26.4. The Morgan fingerprint density at radius 3 is 2.79 bits per heavy atom. The second-order valence-electron chi connectivity index (χ2n) is 4.79. The molecule has 84 valence electrons. The number of hydrogen-bond acceptors (Lipinski definition) is 2. The molecule has 2 atom stereocenters. The van der Waals surface area contributed by atoms with Gasteiger partial charge in [0.1, 0.15) is 0 Å². The average Bonchev–Trinajstić information content (AvgIpc) is 2.56. The molecule has 1 N–H and O–H groups in total. The largest absolute Gasteiger partial charge is 0.390 e. The summed E-state index contributed by atoms with van der Waals surface area (Å²) in [5.41, 5.74) is -0.510. The molecule has 0 amide bonds. The van der Waals surface area contributed by atoms with Crippen molar-refractivity contribution in [1.82, 2.24) is 0 Å². The van der Waals surface area contributed by atoms with Crippen LogP contribution in [-0.2, 0) is 4.74 Å². The van der Waals surface area contributed by atoms with E-state index in [1.54, 1.807) is 0 Å². The Labute approximate surface area is 87.7 Å². The minimum Gasteiger partial charge on any atom is -0.390 e. The highest BCUT2D eigenvalue weighted by Crippen LogP contribution is 2.26. The minimum atomic E-state index is -0.510. The first kappa shape index (κ1) is 12.0. The van der Waals surface area contributed by atoms with Gasteiger partial charge in [0.25, 0.3) is 0 Å². The summed E-state index contributed by atoms with van der Waals surface area (Å²) in [7, 11) is 0. The van der Waals surface area contributed by atoms with Gasteiger partial charge in [0.2, 0.25) is 0 Å². The molecule has 1 saturated heterocycles. The molecule has 0 saturated carbocycles. The summed E-state index contributed by atoms with van der Waals surface area (Å²) in [5, 5.41) is 10.1. The molecule has 14 heavy (non-hydrogen) atoms. The highest BCUT2D eigenvalue weighted by atomic mass is 16.5. The minimum absolute atomic E-state index is 0.312. The molecule has 2 heteroatoms. The van der Waals surface area contributed by atoms with E-state index in [9.17, 15) is 5.11 Å². The van der Waals surface area contributed by atoms with Crippen LogP contribution in [-0.4, -0.2) is 23.4 Å². The van der Waals surface area contributed by atoms with E-state index in [1.165, 1.54) is 12.8 Å². The molecule has 2 unspecified atom stereocenters. The van der Waals surface area contributed by atoms with Gasteiger partial charge in [-0.3, -0.25) is 0 Å². The summed E-state index contributed by atoms with van der Waals surface area (Å²) < 4.78 is 5.54. The molecule has 0 aromatic carbocycles. The van der Waals surface area contributed by atoms with Crippen LogP contribution >= 0.6 is 0 Å². The van der Waals surface area contributed by atoms with Gasteiger partial charge in [0, 0.05) is 13.0 Å². The monoisotopic (exact) mass is 200 g/mol. The second-order valence-corrected chi connectivity index (χ2v) is 4.79. The third-order valence-corrected chi connectivity index (χ3v) is 3.01. The second kappa shape index (κ2) is 5.72. The predicted octanol–water partition coefficient (Wildman–Crippen LogP) is 2.89. The molecule has 0 aromatic rings. The molecule has 1 fully saturated rings. The first-order chi connectivity index (χ1) is 6.64. The summed E-state index contributed by atoms with van der Waals surface area (Å²) in [6.45, 7) is 5.02. The van der Waals surface area contributed by atoms with Gasteiger partial charge < -0.3 is 9.84 Å². The Morgan fingerprint density at radius 2 is 2.21 bits per heavy atom. The summed E-state index contributed by atoms with van der Waals surface area (Å²) in [4.78, 5) is 0. The van der Waals surface area contributed by atoms with E-state index >= 15 is 0 Å².